The Kier molecular flexibility index (Phi) is 4.87. The lowest BCUT2D eigenvalue weighted by Gasteiger charge is -2.38. The second-order valence-corrected chi connectivity index (χ2v) is 6.65. The van der Waals surface area contributed by atoms with Crippen molar-refractivity contribution in [2.24, 2.45) is 17.8 Å². The molecule has 1 unspecified atom stereocenters. The third kappa shape index (κ3) is 3.96. The number of rotatable bonds is 3. The van der Waals surface area contributed by atoms with Crippen LogP contribution in [0, 0.1) is 17.8 Å². The summed E-state index contributed by atoms with van der Waals surface area (Å²) in [4.78, 5) is 5.23. The van der Waals surface area contributed by atoms with Crippen molar-refractivity contribution < 1.29 is 0 Å². The van der Waals surface area contributed by atoms with Gasteiger partial charge < -0.3 is 9.80 Å². The molecule has 0 saturated carbocycles. The Hall–Kier alpha value is -0.0800. The minimum Gasteiger partial charge on any atom is -0.306 e. The van der Waals surface area contributed by atoms with Crippen LogP contribution in [0.3, 0.4) is 0 Å². The summed E-state index contributed by atoms with van der Waals surface area (Å²) in [5, 5.41) is 0. The normalized spacial score (nSPS) is 30.0. The zero-order valence-electron chi connectivity index (χ0n) is 12.0. The smallest absolute Gasteiger partial charge is 0.00219 e. The van der Waals surface area contributed by atoms with E-state index in [4.69, 9.17) is 0 Å². The molecule has 0 aromatic carbocycles. The lowest BCUT2D eigenvalue weighted by molar-refractivity contribution is 0.110. The van der Waals surface area contributed by atoms with Crippen molar-refractivity contribution in [3.05, 3.63) is 0 Å². The Morgan fingerprint density at radius 2 is 1.76 bits per heavy atom. The van der Waals surface area contributed by atoms with Crippen LogP contribution in [0.4, 0.5) is 0 Å². The minimum absolute atomic E-state index is 0.887. The second-order valence-electron chi connectivity index (χ2n) is 6.65. The van der Waals surface area contributed by atoms with E-state index in [1.165, 1.54) is 58.4 Å². The molecule has 2 saturated heterocycles. The maximum Gasteiger partial charge on any atom is 0.00219 e. The predicted octanol–water partition coefficient (Wildman–Crippen LogP) is 2.70. The zero-order chi connectivity index (χ0) is 12.3. The molecule has 0 aliphatic carbocycles. The average molecular weight is 238 g/mol. The summed E-state index contributed by atoms with van der Waals surface area (Å²) in [5.74, 6) is 2.81. The van der Waals surface area contributed by atoms with E-state index in [0.29, 0.717) is 0 Å². The number of nitrogens with zero attached hydrogens (tertiary/aromatic N) is 2. The first-order chi connectivity index (χ1) is 8.15. The molecule has 2 heterocycles. The van der Waals surface area contributed by atoms with Gasteiger partial charge in [-0.3, -0.25) is 0 Å². The van der Waals surface area contributed by atoms with Crippen molar-refractivity contribution in [2.45, 2.75) is 39.5 Å². The molecule has 0 spiro atoms. The molecule has 0 bridgehead atoms. The van der Waals surface area contributed by atoms with Crippen molar-refractivity contribution >= 4 is 0 Å². The van der Waals surface area contributed by atoms with Crippen molar-refractivity contribution in [3.8, 4) is 0 Å². The summed E-state index contributed by atoms with van der Waals surface area (Å²) in [6, 6.07) is 0. The summed E-state index contributed by atoms with van der Waals surface area (Å²) < 4.78 is 0. The maximum absolute atomic E-state index is 2.72. The largest absolute Gasteiger partial charge is 0.306 e. The second kappa shape index (κ2) is 6.19. The molecular formula is C15H30N2. The van der Waals surface area contributed by atoms with Gasteiger partial charge in [0.2, 0.25) is 0 Å². The van der Waals surface area contributed by atoms with Crippen LogP contribution < -0.4 is 0 Å². The topological polar surface area (TPSA) is 6.48 Å². The van der Waals surface area contributed by atoms with Crippen LogP contribution in [0.2, 0.25) is 0 Å². The van der Waals surface area contributed by atoms with Crippen LogP contribution in [0.15, 0.2) is 0 Å². The summed E-state index contributed by atoms with van der Waals surface area (Å²) in [5.41, 5.74) is 0. The summed E-state index contributed by atoms with van der Waals surface area (Å²) in [7, 11) is 2.27. The van der Waals surface area contributed by atoms with Crippen molar-refractivity contribution in [2.75, 3.05) is 39.8 Å². The summed E-state index contributed by atoms with van der Waals surface area (Å²) >= 11 is 0. The van der Waals surface area contributed by atoms with E-state index in [-0.39, 0.29) is 0 Å². The first-order valence-electron chi connectivity index (χ1n) is 7.56. The lowest BCUT2D eigenvalue weighted by Crippen LogP contribution is -2.42. The minimum atomic E-state index is 0.887. The molecule has 17 heavy (non-hydrogen) atoms. The molecule has 1 atom stereocenters. The van der Waals surface area contributed by atoms with E-state index < -0.39 is 0 Å². The Bertz CT molecular complexity index is 219. The van der Waals surface area contributed by atoms with E-state index in [0.717, 1.165) is 17.8 Å². The van der Waals surface area contributed by atoms with Gasteiger partial charge in [-0.25, -0.2) is 0 Å². The molecule has 0 amide bonds. The van der Waals surface area contributed by atoms with Crippen LogP contribution in [0.25, 0.3) is 0 Å². The first-order valence-corrected chi connectivity index (χ1v) is 7.56. The van der Waals surface area contributed by atoms with Gasteiger partial charge in [-0.2, -0.15) is 0 Å². The number of hydrogen-bond acceptors (Lipinski definition) is 2. The van der Waals surface area contributed by atoms with Crippen LogP contribution in [0.1, 0.15) is 39.5 Å². The van der Waals surface area contributed by atoms with E-state index >= 15 is 0 Å². The fourth-order valence-corrected chi connectivity index (χ4v) is 3.59. The third-order valence-corrected chi connectivity index (χ3v) is 4.81. The van der Waals surface area contributed by atoms with Gasteiger partial charge in [0.25, 0.3) is 0 Å². The van der Waals surface area contributed by atoms with Gasteiger partial charge in [0, 0.05) is 13.1 Å². The highest BCUT2D eigenvalue weighted by Crippen LogP contribution is 2.26. The SMILES string of the molecule is CC(C)C1CCN(CC2CCCN(C)C2)CC1. The van der Waals surface area contributed by atoms with Gasteiger partial charge in [0.05, 0.1) is 0 Å². The van der Waals surface area contributed by atoms with Gasteiger partial charge >= 0.3 is 0 Å². The molecule has 2 aliphatic heterocycles. The Morgan fingerprint density at radius 1 is 1.06 bits per heavy atom. The van der Waals surface area contributed by atoms with Gasteiger partial charge in [-0.1, -0.05) is 13.8 Å². The Labute approximate surface area is 107 Å². The lowest BCUT2D eigenvalue weighted by atomic mass is 9.86. The van der Waals surface area contributed by atoms with E-state index in [1.807, 2.05) is 0 Å². The van der Waals surface area contributed by atoms with E-state index in [1.54, 1.807) is 0 Å². The van der Waals surface area contributed by atoms with Crippen molar-refractivity contribution in [3.63, 3.8) is 0 Å². The van der Waals surface area contributed by atoms with Crippen molar-refractivity contribution in [1.29, 1.82) is 0 Å². The molecule has 0 aromatic rings. The molecule has 2 nitrogen and oxygen atoms in total. The summed E-state index contributed by atoms with van der Waals surface area (Å²) in [6.07, 6.45) is 5.72. The van der Waals surface area contributed by atoms with Crippen LogP contribution in [-0.2, 0) is 0 Å². The van der Waals surface area contributed by atoms with Crippen molar-refractivity contribution in [1.82, 2.24) is 9.80 Å². The molecule has 2 aliphatic rings. The monoisotopic (exact) mass is 238 g/mol. The van der Waals surface area contributed by atoms with Gasteiger partial charge in [-0.05, 0) is 70.1 Å². The highest BCUT2D eigenvalue weighted by Gasteiger charge is 2.25. The quantitative estimate of drug-likeness (QED) is 0.746. The fraction of sp³-hybridized carbons (Fsp3) is 1.00. The molecule has 0 radical (unpaired) electrons. The molecule has 2 fully saturated rings. The first kappa shape index (κ1) is 13.4. The van der Waals surface area contributed by atoms with Gasteiger partial charge in [-0.15, -0.1) is 0 Å². The van der Waals surface area contributed by atoms with E-state index in [2.05, 4.69) is 30.7 Å². The van der Waals surface area contributed by atoms with Crippen LogP contribution in [-0.4, -0.2) is 49.6 Å². The standard InChI is InChI=1S/C15H30N2/c1-13(2)15-6-9-17(10-7-15)12-14-5-4-8-16(3)11-14/h13-15H,4-12H2,1-3H3. The average Bonchev–Trinajstić information content (AvgIpc) is 2.29. The number of likely N-dealkylation sites (tertiary alicyclic amines) is 2. The predicted molar refractivity (Wildman–Crippen MR) is 74.2 cm³/mol. The molecule has 2 heteroatoms. The molecular weight excluding hydrogens is 208 g/mol. The Balaban J connectivity index is 1.70. The Morgan fingerprint density at radius 3 is 2.35 bits per heavy atom. The molecule has 2 rings (SSSR count). The zero-order valence-corrected chi connectivity index (χ0v) is 12.0. The highest BCUT2D eigenvalue weighted by molar-refractivity contribution is 4.78. The fourth-order valence-electron chi connectivity index (χ4n) is 3.59. The number of hydrogen-bond donors (Lipinski definition) is 0. The molecule has 0 N–H and O–H groups in total. The number of piperidine rings is 2. The highest BCUT2D eigenvalue weighted by atomic mass is 15.2. The third-order valence-electron chi connectivity index (χ3n) is 4.81. The molecule has 0 aromatic heterocycles. The van der Waals surface area contributed by atoms with Crippen LogP contribution >= 0.6 is 0 Å². The van der Waals surface area contributed by atoms with Gasteiger partial charge in [0.1, 0.15) is 0 Å². The van der Waals surface area contributed by atoms with Crippen LogP contribution in [0.5, 0.6) is 0 Å². The molecule has 100 valence electrons. The maximum atomic E-state index is 2.72. The van der Waals surface area contributed by atoms with E-state index in [9.17, 15) is 0 Å². The van der Waals surface area contributed by atoms with Gasteiger partial charge in [0.15, 0.2) is 0 Å². The summed E-state index contributed by atoms with van der Waals surface area (Å²) in [6.45, 7) is 11.5.